The summed E-state index contributed by atoms with van der Waals surface area (Å²) in [6.07, 6.45) is -5.08. The molecule has 188 valence electrons. The molecule has 15 heteroatoms. The normalized spacial score (nSPS) is 11.1. The van der Waals surface area contributed by atoms with Crippen LogP contribution >= 0.6 is 0 Å². The number of ether oxygens (including phenoxy) is 1. The molecular formula is C21H17F3N6O6. The number of rotatable bonds is 4. The number of para-hydroxylation sites is 1. The van der Waals surface area contributed by atoms with E-state index in [0.717, 1.165) is 11.1 Å². The van der Waals surface area contributed by atoms with E-state index in [1.165, 1.54) is 12.1 Å². The van der Waals surface area contributed by atoms with Gasteiger partial charge in [-0.1, -0.05) is 12.1 Å². The number of aliphatic carboxylic acids is 1. The van der Waals surface area contributed by atoms with Crippen molar-refractivity contribution in [3.63, 3.8) is 0 Å². The summed E-state index contributed by atoms with van der Waals surface area (Å²) in [6, 6.07) is 8.13. The van der Waals surface area contributed by atoms with E-state index in [4.69, 9.17) is 14.6 Å². The van der Waals surface area contributed by atoms with Crippen molar-refractivity contribution in [1.29, 1.82) is 0 Å². The van der Waals surface area contributed by atoms with E-state index < -0.39 is 22.6 Å². The van der Waals surface area contributed by atoms with Gasteiger partial charge in [0.2, 0.25) is 11.9 Å². The van der Waals surface area contributed by atoms with Gasteiger partial charge in [-0.05, 0) is 25.5 Å². The Bertz CT molecular complexity index is 1550. The number of H-pyrrole nitrogens is 1. The highest BCUT2D eigenvalue weighted by molar-refractivity contribution is 5.88. The summed E-state index contributed by atoms with van der Waals surface area (Å²) in [5, 5.41) is 22.1. The summed E-state index contributed by atoms with van der Waals surface area (Å²) in [4.78, 5) is 47.7. The lowest BCUT2D eigenvalue weighted by atomic mass is 10.1. The Balaban J connectivity index is 0.000000454. The number of aromatic amines is 1. The number of carbonyl (C=O) groups is 1. The highest BCUT2D eigenvalue weighted by Crippen LogP contribution is 2.27. The second kappa shape index (κ2) is 9.81. The lowest BCUT2D eigenvalue weighted by molar-refractivity contribution is -0.384. The fourth-order valence-electron chi connectivity index (χ4n) is 3.17. The molecule has 0 amide bonds. The van der Waals surface area contributed by atoms with Gasteiger partial charge in [-0.3, -0.25) is 25.2 Å². The van der Waals surface area contributed by atoms with Gasteiger partial charge in [-0.15, -0.1) is 0 Å². The zero-order valence-electron chi connectivity index (χ0n) is 18.8. The summed E-state index contributed by atoms with van der Waals surface area (Å²) in [7, 11) is 1.56. The molecule has 2 heterocycles. The molecule has 0 radical (unpaired) electrons. The minimum Gasteiger partial charge on any atom is -0.494 e. The predicted molar refractivity (Wildman–Crippen MR) is 122 cm³/mol. The van der Waals surface area contributed by atoms with Crippen LogP contribution in [-0.2, 0) is 4.79 Å². The van der Waals surface area contributed by atoms with Gasteiger partial charge in [0.05, 0.1) is 28.6 Å². The lowest BCUT2D eigenvalue weighted by Crippen LogP contribution is -2.21. The number of hydrogen-bond acceptors (Lipinski definition) is 9. The van der Waals surface area contributed by atoms with Crippen LogP contribution in [0.5, 0.6) is 5.75 Å². The maximum Gasteiger partial charge on any atom is 0.490 e. The Morgan fingerprint density at radius 2 is 1.81 bits per heavy atom. The van der Waals surface area contributed by atoms with Crippen LogP contribution in [0, 0.1) is 24.0 Å². The number of fused-ring (bicyclic) bond motifs is 2. The van der Waals surface area contributed by atoms with Gasteiger partial charge in [0.1, 0.15) is 11.3 Å². The SMILES string of the molecule is COc1cccc2c(C)nc(Nc3nc4c(C)cc([N+](=O)[O-])cc4c(=O)[nH]3)nc12.O=C(O)C(F)(F)F. The number of alkyl halides is 3. The maximum absolute atomic E-state index is 12.5. The van der Waals surface area contributed by atoms with E-state index in [1.807, 2.05) is 19.1 Å². The van der Waals surface area contributed by atoms with Crippen molar-refractivity contribution in [2.24, 2.45) is 0 Å². The second-order valence-electron chi connectivity index (χ2n) is 7.25. The van der Waals surface area contributed by atoms with Crippen LogP contribution in [0.3, 0.4) is 0 Å². The van der Waals surface area contributed by atoms with Gasteiger partial charge in [0.25, 0.3) is 11.2 Å². The number of nitrogens with zero attached hydrogens (tertiary/aromatic N) is 4. The number of non-ortho nitro benzene ring substituents is 1. The molecule has 0 atom stereocenters. The number of halogens is 3. The van der Waals surface area contributed by atoms with E-state index in [1.54, 1.807) is 20.1 Å². The monoisotopic (exact) mass is 506 g/mol. The number of nitro groups is 1. The van der Waals surface area contributed by atoms with Crippen molar-refractivity contribution in [3.05, 3.63) is 62.1 Å². The van der Waals surface area contributed by atoms with Crippen LogP contribution < -0.4 is 15.6 Å². The Kier molecular flexibility index (Phi) is 7.03. The highest BCUT2D eigenvalue weighted by atomic mass is 19.4. The first-order chi connectivity index (χ1) is 16.8. The van der Waals surface area contributed by atoms with Crippen LogP contribution in [0.4, 0.5) is 30.8 Å². The second-order valence-corrected chi connectivity index (χ2v) is 7.25. The van der Waals surface area contributed by atoms with Crippen molar-refractivity contribution in [2.75, 3.05) is 12.4 Å². The van der Waals surface area contributed by atoms with Crippen molar-refractivity contribution in [1.82, 2.24) is 19.9 Å². The lowest BCUT2D eigenvalue weighted by Gasteiger charge is -2.10. The molecule has 0 aliphatic carbocycles. The number of hydrogen-bond donors (Lipinski definition) is 3. The number of aryl methyl sites for hydroxylation is 2. The molecule has 0 bridgehead atoms. The first-order valence-electron chi connectivity index (χ1n) is 9.89. The zero-order valence-corrected chi connectivity index (χ0v) is 18.8. The molecule has 0 saturated carbocycles. The molecule has 0 unspecified atom stereocenters. The van der Waals surface area contributed by atoms with E-state index in [0.29, 0.717) is 22.3 Å². The van der Waals surface area contributed by atoms with E-state index in [2.05, 4.69) is 25.3 Å². The number of carboxylic acids is 1. The number of anilines is 2. The standard InChI is InChI=1S/C19H16N6O4.C2HF3O2/c1-9-7-11(25(27)28)8-13-15(9)21-19(23-17(13)26)24-18-20-10(2)12-5-4-6-14(29-3)16(12)22-18;3-2(4,5)1(6)7/h4-8H,1-3H3,(H2,20,21,22,23,24,26);(H,6,7). The Morgan fingerprint density at radius 1 is 1.14 bits per heavy atom. The third kappa shape index (κ3) is 5.45. The van der Waals surface area contributed by atoms with Crippen molar-refractivity contribution in [2.45, 2.75) is 20.0 Å². The first-order valence-corrected chi connectivity index (χ1v) is 9.89. The summed E-state index contributed by atoms with van der Waals surface area (Å²) in [5.41, 5.74) is 1.56. The topological polar surface area (TPSA) is 173 Å². The molecule has 0 aliphatic rings. The van der Waals surface area contributed by atoms with Gasteiger partial charge in [0.15, 0.2) is 0 Å². The minimum atomic E-state index is -5.08. The number of carboxylic acid groups (broad SMARTS) is 1. The van der Waals surface area contributed by atoms with E-state index in [9.17, 15) is 28.1 Å². The molecule has 0 fully saturated rings. The largest absolute Gasteiger partial charge is 0.494 e. The summed E-state index contributed by atoms with van der Waals surface area (Å²) in [6.45, 7) is 3.50. The fraction of sp³-hybridized carbons (Fsp3) is 0.190. The smallest absolute Gasteiger partial charge is 0.490 e. The first kappa shape index (κ1) is 25.8. The molecule has 0 spiro atoms. The van der Waals surface area contributed by atoms with Gasteiger partial charge < -0.3 is 9.84 Å². The Hall–Kier alpha value is -4.82. The molecule has 12 nitrogen and oxygen atoms in total. The third-order valence-corrected chi connectivity index (χ3v) is 4.77. The summed E-state index contributed by atoms with van der Waals surface area (Å²) in [5.74, 6) is -1.79. The average molecular weight is 506 g/mol. The molecule has 36 heavy (non-hydrogen) atoms. The molecule has 2 aromatic carbocycles. The van der Waals surface area contributed by atoms with Crippen LogP contribution in [0.15, 0.2) is 35.1 Å². The summed E-state index contributed by atoms with van der Waals surface area (Å²) < 4.78 is 37.1. The maximum atomic E-state index is 12.5. The quantitative estimate of drug-likeness (QED) is 0.273. The van der Waals surface area contributed by atoms with Crippen LogP contribution in [0.1, 0.15) is 11.3 Å². The van der Waals surface area contributed by atoms with E-state index in [-0.39, 0.29) is 23.0 Å². The Labute approximate surface area is 198 Å². The zero-order chi connectivity index (χ0) is 26.8. The molecule has 0 aliphatic heterocycles. The molecular weight excluding hydrogens is 489 g/mol. The van der Waals surface area contributed by atoms with Crippen LogP contribution in [0.2, 0.25) is 0 Å². The number of methoxy groups -OCH3 is 1. The number of nitro benzene ring substituents is 1. The highest BCUT2D eigenvalue weighted by Gasteiger charge is 2.38. The van der Waals surface area contributed by atoms with Gasteiger partial charge >= 0.3 is 12.1 Å². The molecule has 3 N–H and O–H groups in total. The van der Waals surface area contributed by atoms with Gasteiger partial charge in [0, 0.05) is 17.5 Å². The predicted octanol–water partition coefficient (Wildman–Crippen LogP) is 3.78. The van der Waals surface area contributed by atoms with Crippen LogP contribution in [-0.4, -0.2) is 49.2 Å². The van der Waals surface area contributed by atoms with Crippen molar-refractivity contribution in [3.8, 4) is 5.75 Å². The molecule has 4 rings (SSSR count). The number of aromatic nitrogens is 4. The average Bonchev–Trinajstić information content (AvgIpc) is 2.79. The molecule has 0 saturated heterocycles. The summed E-state index contributed by atoms with van der Waals surface area (Å²) >= 11 is 0. The number of nitrogens with one attached hydrogen (secondary N) is 2. The fourth-order valence-corrected chi connectivity index (χ4v) is 3.17. The van der Waals surface area contributed by atoms with Gasteiger partial charge in [-0.2, -0.15) is 13.2 Å². The van der Waals surface area contributed by atoms with Crippen molar-refractivity contribution >= 4 is 45.4 Å². The third-order valence-electron chi connectivity index (χ3n) is 4.77. The minimum absolute atomic E-state index is 0.133. The van der Waals surface area contributed by atoms with Gasteiger partial charge in [-0.25, -0.2) is 19.7 Å². The number of benzene rings is 2. The molecule has 2 aromatic heterocycles. The Morgan fingerprint density at radius 3 is 2.39 bits per heavy atom. The van der Waals surface area contributed by atoms with Crippen molar-refractivity contribution < 1.29 is 32.7 Å². The van der Waals surface area contributed by atoms with Crippen LogP contribution in [0.25, 0.3) is 21.8 Å². The van der Waals surface area contributed by atoms with E-state index >= 15 is 0 Å². The molecule has 4 aromatic rings.